The van der Waals surface area contributed by atoms with Crippen molar-refractivity contribution in [1.82, 2.24) is 0 Å². The second-order valence-electron chi connectivity index (χ2n) is 4.59. The molecule has 0 atom stereocenters. The summed E-state index contributed by atoms with van der Waals surface area (Å²) in [5.74, 6) is 0. The van der Waals surface area contributed by atoms with E-state index in [9.17, 15) is 0 Å². The summed E-state index contributed by atoms with van der Waals surface area (Å²) < 4.78 is 0. The van der Waals surface area contributed by atoms with Crippen molar-refractivity contribution in [2.24, 2.45) is 5.73 Å². The van der Waals surface area contributed by atoms with Crippen LogP contribution < -0.4 is 5.73 Å². The molecule has 2 rings (SSSR count). The zero-order valence-corrected chi connectivity index (χ0v) is 8.71. The average molecular weight is 189 g/mol. The number of benzene rings is 1. The minimum Gasteiger partial charge on any atom is -0.325 e. The first-order valence-corrected chi connectivity index (χ1v) is 5.61. The molecule has 1 aromatic rings. The third kappa shape index (κ3) is 2.36. The maximum absolute atomic E-state index is 6.39. The molecule has 1 nitrogen and oxygen atoms in total. The minimum absolute atomic E-state index is 0.0829. The molecule has 14 heavy (non-hydrogen) atoms. The van der Waals surface area contributed by atoms with Crippen LogP contribution in [0, 0.1) is 0 Å². The highest BCUT2D eigenvalue weighted by Gasteiger charge is 2.27. The molecule has 1 fully saturated rings. The van der Waals surface area contributed by atoms with E-state index in [2.05, 4.69) is 30.3 Å². The lowest BCUT2D eigenvalue weighted by atomic mass is 9.78. The smallest absolute Gasteiger partial charge is 0.0195 e. The van der Waals surface area contributed by atoms with Crippen molar-refractivity contribution < 1.29 is 0 Å². The quantitative estimate of drug-likeness (QED) is 0.760. The Bertz CT molecular complexity index is 273. The number of hydrogen-bond donors (Lipinski definition) is 1. The van der Waals surface area contributed by atoms with Crippen LogP contribution in [0.1, 0.15) is 37.7 Å². The van der Waals surface area contributed by atoms with Gasteiger partial charge in [0.25, 0.3) is 0 Å². The molecular formula is C13H19N. The Kier molecular flexibility index (Phi) is 2.87. The second-order valence-corrected chi connectivity index (χ2v) is 4.59. The molecule has 1 aliphatic carbocycles. The lowest BCUT2D eigenvalue weighted by Gasteiger charge is -2.33. The van der Waals surface area contributed by atoms with Crippen LogP contribution in [-0.2, 0) is 6.42 Å². The lowest BCUT2D eigenvalue weighted by molar-refractivity contribution is 0.294. The van der Waals surface area contributed by atoms with E-state index >= 15 is 0 Å². The standard InChI is InChI=1S/C13H19N/c14-13(9-5-2-6-10-13)11-12-7-3-1-4-8-12/h1,3-4,7-8H,2,5-6,9-11,14H2. The Morgan fingerprint density at radius 1 is 1.00 bits per heavy atom. The zero-order valence-electron chi connectivity index (χ0n) is 8.71. The summed E-state index contributed by atoms with van der Waals surface area (Å²) in [6, 6.07) is 10.6. The molecule has 1 aliphatic rings. The van der Waals surface area contributed by atoms with Crippen molar-refractivity contribution in [3.8, 4) is 0 Å². The first-order valence-electron chi connectivity index (χ1n) is 5.61. The van der Waals surface area contributed by atoms with Crippen molar-refractivity contribution in [2.45, 2.75) is 44.1 Å². The van der Waals surface area contributed by atoms with Gasteiger partial charge in [0.15, 0.2) is 0 Å². The number of hydrogen-bond acceptors (Lipinski definition) is 1. The zero-order chi connectivity index (χ0) is 9.86. The van der Waals surface area contributed by atoms with E-state index in [4.69, 9.17) is 5.73 Å². The molecule has 0 heterocycles. The number of rotatable bonds is 2. The molecule has 2 N–H and O–H groups in total. The summed E-state index contributed by atoms with van der Waals surface area (Å²) in [7, 11) is 0. The van der Waals surface area contributed by atoms with Crippen molar-refractivity contribution in [3.05, 3.63) is 35.9 Å². The third-order valence-electron chi connectivity index (χ3n) is 3.25. The molecular weight excluding hydrogens is 170 g/mol. The van der Waals surface area contributed by atoms with Gasteiger partial charge < -0.3 is 5.73 Å². The highest BCUT2D eigenvalue weighted by Crippen LogP contribution is 2.28. The molecule has 0 aromatic heterocycles. The summed E-state index contributed by atoms with van der Waals surface area (Å²) in [4.78, 5) is 0. The van der Waals surface area contributed by atoms with Crippen LogP contribution in [0.3, 0.4) is 0 Å². The summed E-state index contributed by atoms with van der Waals surface area (Å²) in [5, 5.41) is 0. The Balaban J connectivity index is 2.02. The molecule has 0 bridgehead atoms. The van der Waals surface area contributed by atoms with Gasteiger partial charge in [-0.2, -0.15) is 0 Å². The van der Waals surface area contributed by atoms with Gasteiger partial charge in [-0.3, -0.25) is 0 Å². The topological polar surface area (TPSA) is 26.0 Å². The first kappa shape index (κ1) is 9.72. The van der Waals surface area contributed by atoms with Gasteiger partial charge in [0.2, 0.25) is 0 Å². The van der Waals surface area contributed by atoms with Crippen LogP contribution in [0.5, 0.6) is 0 Å². The van der Waals surface area contributed by atoms with Gasteiger partial charge >= 0.3 is 0 Å². The van der Waals surface area contributed by atoms with Crippen LogP contribution in [0.15, 0.2) is 30.3 Å². The molecule has 1 saturated carbocycles. The maximum Gasteiger partial charge on any atom is 0.0195 e. The van der Waals surface area contributed by atoms with E-state index in [0.29, 0.717) is 0 Å². The van der Waals surface area contributed by atoms with E-state index in [1.165, 1.54) is 37.7 Å². The van der Waals surface area contributed by atoms with Gasteiger partial charge in [-0.15, -0.1) is 0 Å². The predicted octanol–water partition coefficient (Wildman–Crippen LogP) is 2.89. The van der Waals surface area contributed by atoms with Crippen molar-refractivity contribution >= 4 is 0 Å². The van der Waals surface area contributed by atoms with Gasteiger partial charge in [0.1, 0.15) is 0 Å². The van der Waals surface area contributed by atoms with Crippen molar-refractivity contribution in [2.75, 3.05) is 0 Å². The van der Waals surface area contributed by atoms with E-state index in [-0.39, 0.29) is 5.54 Å². The molecule has 0 unspecified atom stereocenters. The molecule has 0 amide bonds. The molecule has 1 heteroatoms. The van der Waals surface area contributed by atoms with Gasteiger partial charge in [-0.25, -0.2) is 0 Å². The Morgan fingerprint density at radius 3 is 2.29 bits per heavy atom. The SMILES string of the molecule is NC1(Cc2ccccc2)CCCCC1. The Morgan fingerprint density at radius 2 is 1.64 bits per heavy atom. The van der Waals surface area contributed by atoms with Gasteiger partial charge in [-0.05, 0) is 24.8 Å². The van der Waals surface area contributed by atoms with E-state index in [0.717, 1.165) is 6.42 Å². The van der Waals surface area contributed by atoms with Crippen molar-refractivity contribution in [3.63, 3.8) is 0 Å². The van der Waals surface area contributed by atoms with Gasteiger partial charge in [0, 0.05) is 5.54 Å². The average Bonchev–Trinajstić information content (AvgIpc) is 2.19. The molecule has 0 saturated heterocycles. The fourth-order valence-corrected chi connectivity index (χ4v) is 2.44. The summed E-state index contributed by atoms with van der Waals surface area (Å²) in [6.07, 6.45) is 7.43. The Hall–Kier alpha value is -0.820. The first-order chi connectivity index (χ1) is 6.79. The van der Waals surface area contributed by atoms with Crippen LogP contribution in [0.4, 0.5) is 0 Å². The number of nitrogens with two attached hydrogens (primary N) is 1. The molecule has 76 valence electrons. The van der Waals surface area contributed by atoms with Crippen LogP contribution in [-0.4, -0.2) is 5.54 Å². The second kappa shape index (κ2) is 4.14. The van der Waals surface area contributed by atoms with E-state index in [1.54, 1.807) is 0 Å². The monoisotopic (exact) mass is 189 g/mol. The maximum atomic E-state index is 6.39. The summed E-state index contributed by atoms with van der Waals surface area (Å²) in [5.41, 5.74) is 7.86. The highest BCUT2D eigenvalue weighted by molar-refractivity contribution is 5.17. The fourth-order valence-electron chi connectivity index (χ4n) is 2.44. The van der Waals surface area contributed by atoms with Gasteiger partial charge in [-0.1, -0.05) is 49.6 Å². The predicted molar refractivity (Wildman–Crippen MR) is 60.1 cm³/mol. The molecule has 0 radical (unpaired) electrons. The summed E-state index contributed by atoms with van der Waals surface area (Å²) in [6.45, 7) is 0. The minimum atomic E-state index is 0.0829. The van der Waals surface area contributed by atoms with Crippen molar-refractivity contribution in [1.29, 1.82) is 0 Å². The third-order valence-corrected chi connectivity index (χ3v) is 3.25. The molecule has 0 aliphatic heterocycles. The lowest BCUT2D eigenvalue weighted by Crippen LogP contribution is -2.43. The largest absolute Gasteiger partial charge is 0.325 e. The highest BCUT2D eigenvalue weighted by atomic mass is 14.7. The normalized spacial score (nSPS) is 20.6. The molecule has 1 aromatic carbocycles. The van der Waals surface area contributed by atoms with Crippen LogP contribution in [0.2, 0.25) is 0 Å². The van der Waals surface area contributed by atoms with Crippen LogP contribution in [0.25, 0.3) is 0 Å². The molecule has 0 spiro atoms. The Labute approximate surface area is 86.3 Å². The van der Waals surface area contributed by atoms with Gasteiger partial charge in [0.05, 0.1) is 0 Å². The van der Waals surface area contributed by atoms with E-state index in [1.807, 2.05) is 0 Å². The summed E-state index contributed by atoms with van der Waals surface area (Å²) >= 11 is 0. The van der Waals surface area contributed by atoms with E-state index < -0.39 is 0 Å². The van der Waals surface area contributed by atoms with Crippen LogP contribution >= 0.6 is 0 Å². The fraction of sp³-hybridized carbons (Fsp3) is 0.538.